The zero-order valence-corrected chi connectivity index (χ0v) is 9.52. The molecule has 0 heterocycles. The van der Waals surface area contributed by atoms with Crippen molar-refractivity contribution in [1.29, 1.82) is 0 Å². The third-order valence-corrected chi connectivity index (χ3v) is 0. The third kappa shape index (κ3) is 135. The SMILES string of the molecule is CC(C)C.[Cl][Zn][Cl]. The molecule has 3 heteroatoms. The Balaban J connectivity index is 0. The first-order valence-corrected chi connectivity index (χ1v) is 10.1. The Morgan fingerprint density at radius 2 is 1.14 bits per heavy atom. The molecule has 0 atom stereocenters. The zero-order valence-electron chi connectivity index (χ0n) is 5.04. The molecule has 0 N–H and O–H groups in total. The number of halogens is 2. The molecule has 0 aromatic carbocycles. The van der Waals surface area contributed by atoms with Crippen molar-refractivity contribution in [2.24, 2.45) is 5.92 Å². The molecule has 0 spiro atoms. The fourth-order valence-electron chi connectivity index (χ4n) is 0. The molecule has 42 valence electrons. The van der Waals surface area contributed by atoms with Crippen molar-refractivity contribution >= 4 is 19.4 Å². The summed E-state index contributed by atoms with van der Waals surface area (Å²) in [7, 11) is 9.90. The summed E-state index contributed by atoms with van der Waals surface area (Å²) in [5.74, 6) is 0.833. The van der Waals surface area contributed by atoms with E-state index in [0.717, 1.165) is 5.92 Å². The van der Waals surface area contributed by atoms with Crippen LogP contribution in [0.1, 0.15) is 20.8 Å². The monoisotopic (exact) mass is 192 g/mol. The second-order valence-corrected chi connectivity index (χ2v) is 6.46. The van der Waals surface area contributed by atoms with Gasteiger partial charge in [0.1, 0.15) is 0 Å². The van der Waals surface area contributed by atoms with Crippen molar-refractivity contribution in [3.8, 4) is 0 Å². The summed E-state index contributed by atoms with van der Waals surface area (Å²) in [5, 5.41) is 0. The second-order valence-electron chi connectivity index (χ2n) is 1.83. The van der Waals surface area contributed by atoms with Gasteiger partial charge >= 0.3 is 34.5 Å². The van der Waals surface area contributed by atoms with Crippen LogP contribution in [0.5, 0.6) is 0 Å². The normalized spacial score (nSPS) is 6.57. The van der Waals surface area contributed by atoms with E-state index in [4.69, 9.17) is 19.4 Å². The Morgan fingerprint density at radius 1 is 1.14 bits per heavy atom. The van der Waals surface area contributed by atoms with Crippen LogP contribution in [0.2, 0.25) is 0 Å². The van der Waals surface area contributed by atoms with E-state index in [1.165, 1.54) is 0 Å². The van der Waals surface area contributed by atoms with Crippen LogP contribution < -0.4 is 0 Å². The molecular weight excluding hydrogens is 184 g/mol. The van der Waals surface area contributed by atoms with E-state index in [1.54, 1.807) is 0 Å². The summed E-state index contributed by atoms with van der Waals surface area (Å²) in [5.41, 5.74) is 0. The molecule has 0 saturated carbocycles. The quantitative estimate of drug-likeness (QED) is 0.520. The van der Waals surface area contributed by atoms with Gasteiger partial charge in [0.2, 0.25) is 0 Å². The molecule has 7 heavy (non-hydrogen) atoms. The molecule has 0 saturated heterocycles. The van der Waals surface area contributed by atoms with E-state index in [1.807, 2.05) is 0 Å². The fourth-order valence-corrected chi connectivity index (χ4v) is 0. The van der Waals surface area contributed by atoms with Gasteiger partial charge in [0.15, 0.2) is 0 Å². The third-order valence-electron chi connectivity index (χ3n) is 0. The van der Waals surface area contributed by atoms with Gasteiger partial charge in [-0.3, -0.25) is 0 Å². The predicted octanol–water partition coefficient (Wildman–Crippen LogP) is 3.04. The average molecular weight is 194 g/mol. The molecule has 0 rings (SSSR count). The van der Waals surface area contributed by atoms with Crippen LogP contribution in [0, 0.1) is 5.92 Å². The van der Waals surface area contributed by atoms with Crippen molar-refractivity contribution in [3.05, 3.63) is 0 Å². The minimum atomic E-state index is -0.931. The van der Waals surface area contributed by atoms with Gasteiger partial charge in [0.25, 0.3) is 0 Å². The first-order valence-electron chi connectivity index (χ1n) is 2.27. The summed E-state index contributed by atoms with van der Waals surface area (Å²) >= 11 is -0.931. The van der Waals surface area contributed by atoms with Crippen molar-refractivity contribution in [3.63, 3.8) is 0 Å². The number of hydrogen-bond donors (Lipinski definition) is 0. The maximum absolute atomic E-state index is 4.95. The van der Waals surface area contributed by atoms with E-state index in [2.05, 4.69) is 20.8 Å². The van der Waals surface area contributed by atoms with Crippen molar-refractivity contribution < 1.29 is 15.1 Å². The summed E-state index contributed by atoms with van der Waals surface area (Å²) in [6.45, 7) is 6.50. The Hall–Kier alpha value is 1.20. The summed E-state index contributed by atoms with van der Waals surface area (Å²) in [6, 6.07) is 0. The minimum absolute atomic E-state index is 0.833. The molecular formula is C4H10Cl2Zn. The first-order chi connectivity index (χ1) is 3.15. The van der Waals surface area contributed by atoms with E-state index in [-0.39, 0.29) is 0 Å². The molecule has 0 aliphatic heterocycles. The number of rotatable bonds is 0. The van der Waals surface area contributed by atoms with Gasteiger partial charge in [-0.1, -0.05) is 20.8 Å². The Bertz CT molecular complexity index is 20.9. The Morgan fingerprint density at radius 3 is 1.14 bits per heavy atom. The van der Waals surface area contributed by atoms with Crippen molar-refractivity contribution in [2.75, 3.05) is 0 Å². The van der Waals surface area contributed by atoms with Gasteiger partial charge in [-0.05, 0) is 5.92 Å². The zero-order chi connectivity index (χ0) is 6.28. The van der Waals surface area contributed by atoms with Gasteiger partial charge in [-0.2, -0.15) is 0 Å². The Kier molecular flexibility index (Phi) is 16.2. The number of hydrogen-bond acceptors (Lipinski definition) is 0. The molecule has 0 fully saturated rings. The first kappa shape index (κ1) is 11.1. The summed E-state index contributed by atoms with van der Waals surface area (Å²) in [4.78, 5) is 0. The Labute approximate surface area is 61.3 Å². The van der Waals surface area contributed by atoms with E-state index in [0.29, 0.717) is 0 Å². The standard InChI is InChI=1S/C4H10.2ClH.Zn/c1-4(2)3;;;/h4H,1-3H3;2*1H;/q;;;+2/p-2. The van der Waals surface area contributed by atoms with Crippen LogP contribution >= 0.6 is 19.4 Å². The van der Waals surface area contributed by atoms with Crippen LogP contribution in [0.25, 0.3) is 0 Å². The van der Waals surface area contributed by atoms with Crippen LogP contribution in [0.3, 0.4) is 0 Å². The van der Waals surface area contributed by atoms with E-state index < -0.39 is 15.1 Å². The molecule has 0 aliphatic rings. The molecule has 0 bridgehead atoms. The summed E-state index contributed by atoms with van der Waals surface area (Å²) in [6.07, 6.45) is 0. The molecule has 0 unspecified atom stereocenters. The van der Waals surface area contributed by atoms with Gasteiger partial charge in [0, 0.05) is 0 Å². The molecule has 0 amide bonds. The van der Waals surface area contributed by atoms with Gasteiger partial charge < -0.3 is 0 Å². The fraction of sp³-hybridized carbons (Fsp3) is 1.00. The van der Waals surface area contributed by atoms with Crippen LogP contribution in [0.15, 0.2) is 0 Å². The molecule has 0 nitrogen and oxygen atoms in total. The van der Waals surface area contributed by atoms with Gasteiger partial charge in [-0.15, -0.1) is 0 Å². The average Bonchev–Trinajstić information content (AvgIpc) is 1.33. The second kappa shape index (κ2) is 10.2. The maximum atomic E-state index is 4.95. The van der Waals surface area contributed by atoms with Crippen LogP contribution in [0.4, 0.5) is 0 Å². The predicted molar refractivity (Wildman–Crippen MR) is 32.2 cm³/mol. The van der Waals surface area contributed by atoms with Crippen LogP contribution in [-0.4, -0.2) is 0 Å². The molecule has 0 aromatic heterocycles. The van der Waals surface area contributed by atoms with E-state index in [9.17, 15) is 0 Å². The molecule has 0 aliphatic carbocycles. The van der Waals surface area contributed by atoms with Crippen molar-refractivity contribution in [2.45, 2.75) is 20.8 Å². The van der Waals surface area contributed by atoms with Gasteiger partial charge in [0.05, 0.1) is 0 Å². The summed E-state index contributed by atoms with van der Waals surface area (Å²) < 4.78 is 0. The van der Waals surface area contributed by atoms with E-state index >= 15 is 0 Å². The topological polar surface area (TPSA) is 0 Å². The van der Waals surface area contributed by atoms with Gasteiger partial charge in [-0.25, -0.2) is 0 Å². The molecule has 0 aromatic rings. The molecule has 0 radical (unpaired) electrons. The van der Waals surface area contributed by atoms with Crippen LogP contribution in [-0.2, 0) is 15.1 Å². The van der Waals surface area contributed by atoms with Crippen molar-refractivity contribution in [1.82, 2.24) is 0 Å².